The first-order chi connectivity index (χ1) is 8.65. The van der Waals surface area contributed by atoms with Crippen LogP contribution in [0.4, 0.5) is 0 Å². The third kappa shape index (κ3) is 4.81. The van der Waals surface area contributed by atoms with E-state index in [0.717, 1.165) is 38.1 Å². The third-order valence-electron chi connectivity index (χ3n) is 4.34. The van der Waals surface area contributed by atoms with Gasteiger partial charge in [-0.15, -0.1) is 0 Å². The molecule has 1 heterocycles. The van der Waals surface area contributed by atoms with Gasteiger partial charge in [0.25, 0.3) is 0 Å². The second kappa shape index (κ2) is 8.05. The van der Waals surface area contributed by atoms with Gasteiger partial charge in [-0.3, -0.25) is 4.79 Å². The minimum atomic E-state index is 0.203. The van der Waals surface area contributed by atoms with Gasteiger partial charge in [-0.2, -0.15) is 11.8 Å². The maximum atomic E-state index is 11.9. The molecule has 2 N–H and O–H groups in total. The van der Waals surface area contributed by atoms with Crippen molar-refractivity contribution in [3.05, 3.63) is 0 Å². The number of thioether (sulfide) groups is 1. The normalized spacial score (nSPS) is 20.7. The van der Waals surface area contributed by atoms with Gasteiger partial charge in [0, 0.05) is 37.1 Å². The van der Waals surface area contributed by atoms with Crippen molar-refractivity contribution in [2.45, 2.75) is 52.5 Å². The lowest BCUT2D eigenvalue weighted by Gasteiger charge is -2.31. The summed E-state index contributed by atoms with van der Waals surface area (Å²) >= 11 is 1.94. The number of nitrogens with one attached hydrogen (secondary N) is 2. The molecule has 1 rings (SSSR count). The fraction of sp³-hybridized carbons (Fsp3) is 0.929. The largest absolute Gasteiger partial charge is 0.355 e. The zero-order valence-corrected chi connectivity index (χ0v) is 12.9. The van der Waals surface area contributed by atoms with Crippen LogP contribution in [0.25, 0.3) is 0 Å². The molecule has 1 atom stereocenters. The Bertz CT molecular complexity index is 240. The highest BCUT2D eigenvalue weighted by molar-refractivity contribution is 7.99. The Morgan fingerprint density at radius 3 is 2.50 bits per heavy atom. The SMILES string of the molecule is CCC(CC)(CC)CNC(=O)CC1CSCCN1. The fourth-order valence-electron chi connectivity index (χ4n) is 2.46. The summed E-state index contributed by atoms with van der Waals surface area (Å²) in [7, 11) is 0. The molecule has 106 valence electrons. The molecule has 1 aliphatic rings. The molecule has 0 bridgehead atoms. The van der Waals surface area contributed by atoms with Gasteiger partial charge in [0.15, 0.2) is 0 Å². The summed E-state index contributed by atoms with van der Waals surface area (Å²) in [6.07, 6.45) is 4.04. The number of hydrogen-bond acceptors (Lipinski definition) is 3. The van der Waals surface area contributed by atoms with Crippen LogP contribution in [0.5, 0.6) is 0 Å². The number of amides is 1. The summed E-state index contributed by atoms with van der Waals surface area (Å²) in [5.41, 5.74) is 0.296. The van der Waals surface area contributed by atoms with E-state index in [2.05, 4.69) is 31.4 Å². The zero-order chi connectivity index (χ0) is 13.4. The second-order valence-corrected chi connectivity index (χ2v) is 6.42. The summed E-state index contributed by atoms with van der Waals surface area (Å²) < 4.78 is 0. The van der Waals surface area contributed by atoms with Crippen molar-refractivity contribution in [2.24, 2.45) is 5.41 Å². The Hall–Kier alpha value is -0.220. The smallest absolute Gasteiger partial charge is 0.221 e. The monoisotopic (exact) mass is 272 g/mol. The molecule has 0 aliphatic carbocycles. The molecule has 1 saturated heterocycles. The van der Waals surface area contributed by atoms with Gasteiger partial charge >= 0.3 is 0 Å². The average Bonchev–Trinajstić information content (AvgIpc) is 2.42. The molecule has 0 saturated carbocycles. The Morgan fingerprint density at radius 2 is 2.00 bits per heavy atom. The highest BCUT2D eigenvalue weighted by Gasteiger charge is 2.25. The van der Waals surface area contributed by atoms with E-state index in [0.29, 0.717) is 17.9 Å². The summed E-state index contributed by atoms with van der Waals surface area (Å²) in [6.45, 7) is 8.52. The first kappa shape index (κ1) is 15.8. The topological polar surface area (TPSA) is 41.1 Å². The predicted octanol–water partition coefficient (Wildman–Crippen LogP) is 2.41. The van der Waals surface area contributed by atoms with E-state index in [4.69, 9.17) is 0 Å². The van der Waals surface area contributed by atoms with Crippen molar-refractivity contribution in [3.8, 4) is 0 Å². The van der Waals surface area contributed by atoms with Crippen LogP contribution < -0.4 is 10.6 Å². The minimum absolute atomic E-state index is 0.203. The summed E-state index contributed by atoms with van der Waals surface area (Å²) in [5.74, 6) is 2.44. The first-order valence-corrected chi connectivity index (χ1v) is 8.39. The lowest BCUT2D eigenvalue weighted by Crippen LogP contribution is -2.43. The van der Waals surface area contributed by atoms with Gasteiger partial charge in [-0.1, -0.05) is 20.8 Å². The molecule has 0 aromatic carbocycles. The van der Waals surface area contributed by atoms with Crippen molar-refractivity contribution in [1.82, 2.24) is 10.6 Å². The van der Waals surface area contributed by atoms with E-state index < -0.39 is 0 Å². The van der Waals surface area contributed by atoms with Crippen LogP contribution in [0, 0.1) is 5.41 Å². The molecule has 4 heteroatoms. The lowest BCUT2D eigenvalue weighted by molar-refractivity contribution is -0.122. The molecule has 1 aliphatic heterocycles. The predicted molar refractivity (Wildman–Crippen MR) is 80.0 cm³/mol. The molecule has 0 aromatic heterocycles. The summed E-state index contributed by atoms with van der Waals surface area (Å²) in [4.78, 5) is 11.9. The van der Waals surface area contributed by atoms with Crippen molar-refractivity contribution in [2.75, 3.05) is 24.6 Å². The van der Waals surface area contributed by atoms with E-state index in [-0.39, 0.29) is 5.91 Å². The molecule has 1 fully saturated rings. The molecule has 18 heavy (non-hydrogen) atoms. The van der Waals surface area contributed by atoms with E-state index in [1.807, 2.05) is 11.8 Å². The molecule has 3 nitrogen and oxygen atoms in total. The Labute approximate surface area is 116 Å². The molecular weight excluding hydrogens is 244 g/mol. The van der Waals surface area contributed by atoms with E-state index in [1.165, 1.54) is 5.75 Å². The van der Waals surface area contributed by atoms with Crippen LogP contribution in [-0.2, 0) is 4.79 Å². The van der Waals surface area contributed by atoms with Gasteiger partial charge in [0.05, 0.1) is 0 Å². The van der Waals surface area contributed by atoms with Crippen molar-refractivity contribution in [1.29, 1.82) is 0 Å². The van der Waals surface area contributed by atoms with Gasteiger partial charge in [0.1, 0.15) is 0 Å². The van der Waals surface area contributed by atoms with Crippen LogP contribution in [0.1, 0.15) is 46.5 Å². The Balaban J connectivity index is 2.30. The maximum Gasteiger partial charge on any atom is 0.221 e. The van der Waals surface area contributed by atoms with E-state index in [1.54, 1.807) is 0 Å². The molecule has 0 radical (unpaired) electrons. The highest BCUT2D eigenvalue weighted by Crippen LogP contribution is 2.29. The number of carbonyl (C=O) groups is 1. The van der Waals surface area contributed by atoms with Gasteiger partial charge < -0.3 is 10.6 Å². The van der Waals surface area contributed by atoms with Crippen LogP contribution in [0.15, 0.2) is 0 Å². The van der Waals surface area contributed by atoms with Crippen LogP contribution in [0.3, 0.4) is 0 Å². The number of rotatable bonds is 7. The fourth-order valence-corrected chi connectivity index (χ4v) is 3.41. The zero-order valence-electron chi connectivity index (χ0n) is 12.1. The minimum Gasteiger partial charge on any atom is -0.355 e. The molecule has 0 spiro atoms. The summed E-state index contributed by atoms with van der Waals surface area (Å²) in [5, 5.41) is 6.54. The standard InChI is InChI=1S/C14H28N2OS/c1-4-14(5-2,6-3)11-16-13(17)9-12-10-18-8-7-15-12/h12,15H,4-11H2,1-3H3,(H,16,17). The van der Waals surface area contributed by atoms with Gasteiger partial charge in [-0.05, 0) is 24.7 Å². The van der Waals surface area contributed by atoms with Gasteiger partial charge in [0.2, 0.25) is 5.91 Å². The second-order valence-electron chi connectivity index (χ2n) is 5.27. The Morgan fingerprint density at radius 1 is 1.33 bits per heavy atom. The molecular formula is C14H28N2OS. The third-order valence-corrected chi connectivity index (χ3v) is 5.47. The molecule has 0 aromatic rings. The molecule has 1 amide bonds. The van der Waals surface area contributed by atoms with Crippen molar-refractivity contribution >= 4 is 17.7 Å². The van der Waals surface area contributed by atoms with Crippen LogP contribution in [0.2, 0.25) is 0 Å². The Kier molecular flexibility index (Phi) is 7.08. The first-order valence-electron chi connectivity index (χ1n) is 7.23. The number of hydrogen-bond donors (Lipinski definition) is 2. The van der Waals surface area contributed by atoms with Crippen LogP contribution >= 0.6 is 11.8 Å². The average molecular weight is 272 g/mol. The molecule has 1 unspecified atom stereocenters. The quantitative estimate of drug-likeness (QED) is 0.748. The van der Waals surface area contributed by atoms with Gasteiger partial charge in [-0.25, -0.2) is 0 Å². The number of carbonyl (C=O) groups excluding carboxylic acids is 1. The van der Waals surface area contributed by atoms with Crippen molar-refractivity contribution in [3.63, 3.8) is 0 Å². The highest BCUT2D eigenvalue weighted by atomic mass is 32.2. The lowest BCUT2D eigenvalue weighted by atomic mass is 9.80. The maximum absolute atomic E-state index is 11.9. The van der Waals surface area contributed by atoms with Crippen LogP contribution in [-0.4, -0.2) is 36.5 Å². The van der Waals surface area contributed by atoms with E-state index >= 15 is 0 Å². The van der Waals surface area contributed by atoms with E-state index in [9.17, 15) is 4.79 Å². The van der Waals surface area contributed by atoms with Crippen molar-refractivity contribution < 1.29 is 4.79 Å². The summed E-state index contributed by atoms with van der Waals surface area (Å²) in [6, 6.07) is 0.364.